The Kier molecular flexibility index (Phi) is 5.20. The molecule has 1 aromatic rings. The minimum atomic E-state index is -3.06. The van der Waals surface area contributed by atoms with E-state index in [-0.39, 0.29) is 34.6 Å². The summed E-state index contributed by atoms with van der Waals surface area (Å²) in [4.78, 5) is 18.6. The maximum absolute atomic E-state index is 12.3. The Balaban J connectivity index is 1.63. The number of fused-ring (bicyclic) bond motifs is 1. The number of thioether (sulfide) groups is 1. The standard InChI is InChI=1S/C19H24N2O4S2/c1-2-3-9-25-15-6-4-5-14(10-15)21-16-11-27(23,24)12-17(16)26-19(21)20-18(22)13-7-8-13/h4-6,10,13,16-17H,2-3,7-9,11-12H2,1H3. The fourth-order valence-corrected chi connectivity index (χ4v) is 7.36. The summed E-state index contributed by atoms with van der Waals surface area (Å²) in [5.41, 5.74) is 0.837. The number of aliphatic imine (C=N–C) groups is 1. The highest BCUT2D eigenvalue weighted by molar-refractivity contribution is 8.16. The minimum absolute atomic E-state index is 0.0489. The van der Waals surface area contributed by atoms with Gasteiger partial charge in [0.25, 0.3) is 5.91 Å². The van der Waals surface area contributed by atoms with Gasteiger partial charge in [-0.2, -0.15) is 4.99 Å². The van der Waals surface area contributed by atoms with Crippen molar-refractivity contribution < 1.29 is 17.9 Å². The molecule has 0 N–H and O–H groups in total. The molecule has 1 aromatic carbocycles. The van der Waals surface area contributed by atoms with Crippen LogP contribution in [0.3, 0.4) is 0 Å². The molecule has 146 valence electrons. The van der Waals surface area contributed by atoms with Gasteiger partial charge in [-0.1, -0.05) is 31.2 Å². The molecule has 27 heavy (non-hydrogen) atoms. The molecule has 0 aromatic heterocycles. The number of nitrogens with zero attached hydrogens (tertiary/aromatic N) is 2. The summed E-state index contributed by atoms with van der Waals surface area (Å²) in [5, 5.41) is 0.549. The van der Waals surface area contributed by atoms with Crippen molar-refractivity contribution in [3.63, 3.8) is 0 Å². The van der Waals surface area contributed by atoms with E-state index in [1.54, 1.807) is 0 Å². The van der Waals surface area contributed by atoms with E-state index in [2.05, 4.69) is 11.9 Å². The van der Waals surface area contributed by atoms with Crippen molar-refractivity contribution in [3.05, 3.63) is 24.3 Å². The lowest BCUT2D eigenvalue weighted by Gasteiger charge is -2.25. The summed E-state index contributed by atoms with van der Waals surface area (Å²) >= 11 is 1.42. The van der Waals surface area contributed by atoms with Crippen LogP contribution >= 0.6 is 11.8 Å². The second-order valence-electron chi connectivity index (χ2n) is 7.38. The first-order valence-electron chi connectivity index (χ1n) is 9.48. The zero-order valence-electron chi connectivity index (χ0n) is 15.3. The van der Waals surface area contributed by atoms with Gasteiger partial charge < -0.3 is 9.64 Å². The number of hydrogen-bond acceptors (Lipinski definition) is 5. The Hall–Kier alpha value is -1.54. The summed E-state index contributed by atoms with van der Waals surface area (Å²) in [6, 6.07) is 7.46. The molecule has 2 heterocycles. The smallest absolute Gasteiger partial charge is 0.251 e. The van der Waals surface area contributed by atoms with E-state index in [1.807, 2.05) is 29.2 Å². The monoisotopic (exact) mass is 408 g/mol. The highest BCUT2D eigenvalue weighted by Gasteiger charge is 2.49. The van der Waals surface area contributed by atoms with Crippen LogP contribution in [-0.2, 0) is 14.6 Å². The Morgan fingerprint density at radius 2 is 2.15 bits per heavy atom. The van der Waals surface area contributed by atoms with Crippen molar-refractivity contribution in [2.75, 3.05) is 23.0 Å². The second-order valence-corrected chi connectivity index (χ2v) is 10.7. The van der Waals surface area contributed by atoms with Crippen molar-refractivity contribution in [2.24, 2.45) is 10.9 Å². The molecule has 3 aliphatic rings. The minimum Gasteiger partial charge on any atom is -0.494 e. The third-order valence-electron chi connectivity index (χ3n) is 5.06. The molecule has 2 atom stereocenters. The van der Waals surface area contributed by atoms with E-state index in [1.165, 1.54) is 11.8 Å². The highest BCUT2D eigenvalue weighted by Crippen LogP contribution is 2.42. The van der Waals surface area contributed by atoms with E-state index >= 15 is 0 Å². The Labute approximate surface area is 164 Å². The van der Waals surface area contributed by atoms with Gasteiger partial charge in [-0.05, 0) is 31.4 Å². The number of benzene rings is 1. The lowest BCUT2D eigenvalue weighted by Crippen LogP contribution is -2.37. The highest BCUT2D eigenvalue weighted by atomic mass is 32.2. The number of ether oxygens (including phenoxy) is 1. The predicted octanol–water partition coefficient (Wildman–Crippen LogP) is 2.88. The van der Waals surface area contributed by atoms with E-state index in [4.69, 9.17) is 4.74 Å². The van der Waals surface area contributed by atoms with E-state index in [9.17, 15) is 13.2 Å². The topological polar surface area (TPSA) is 76.0 Å². The summed E-state index contributed by atoms with van der Waals surface area (Å²) < 4.78 is 30.1. The predicted molar refractivity (Wildman–Crippen MR) is 108 cm³/mol. The van der Waals surface area contributed by atoms with Crippen molar-refractivity contribution in [3.8, 4) is 5.75 Å². The first-order valence-corrected chi connectivity index (χ1v) is 12.2. The van der Waals surface area contributed by atoms with Crippen LogP contribution in [0.2, 0.25) is 0 Å². The summed E-state index contributed by atoms with van der Waals surface area (Å²) in [5.74, 6) is 0.960. The third kappa shape index (κ3) is 4.16. The van der Waals surface area contributed by atoms with Gasteiger partial charge >= 0.3 is 0 Å². The van der Waals surface area contributed by atoms with Crippen LogP contribution in [0.4, 0.5) is 5.69 Å². The Bertz CT molecular complexity index is 864. The Morgan fingerprint density at radius 3 is 2.89 bits per heavy atom. The third-order valence-corrected chi connectivity index (χ3v) is 8.27. The number of amidine groups is 1. The molecular formula is C19H24N2O4S2. The fourth-order valence-electron chi connectivity index (χ4n) is 3.44. The molecule has 6 nitrogen and oxygen atoms in total. The number of amides is 1. The first kappa shape index (κ1) is 18.8. The number of carbonyl (C=O) groups is 1. The van der Waals surface area contributed by atoms with Crippen LogP contribution in [0.15, 0.2) is 29.3 Å². The van der Waals surface area contributed by atoms with E-state index < -0.39 is 9.84 Å². The summed E-state index contributed by atoms with van der Waals surface area (Å²) in [7, 11) is -3.06. The molecule has 0 bridgehead atoms. The number of sulfone groups is 1. The van der Waals surface area contributed by atoms with Gasteiger partial charge in [-0.25, -0.2) is 8.42 Å². The van der Waals surface area contributed by atoms with Crippen molar-refractivity contribution in [1.82, 2.24) is 0 Å². The van der Waals surface area contributed by atoms with Gasteiger partial charge in [0, 0.05) is 22.9 Å². The first-order chi connectivity index (χ1) is 13.0. The Morgan fingerprint density at radius 1 is 1.33 bits per heavy atom. The van der Waals surface area contributed by atoms with Crippen LogP contribution in [0.5, 0.6) is 5.75 Å². The second kappa shape index (κ2) is 7.47. The lowest BCUT2D eigenvalue weighted by molar-refractivity contribution is -0.118. The zero-order chi connectivity index (χ0) is 19.0. The van der Waals surface area contributed by atoms with Crippen LogP contribution in [0.1, 0.15) is 32.6 Å². The van der Waals surface area contributed by atoms with Crippen LogP contribution in [-0.4, -0.2) is 48.9 Å². The molecule has 4 rings (SSSR count). The number of unbranched alkanes of at least 4 members (excludes halogenated alkanes) is 1. The van der Waals surface area contributed by atoms with Gasteiger partial charge in [-0.3, -0.25) is 4.79 Å². The van der Waals surface area contributed by atoms with Crippen molar-refractivity contribution >= 4 is 38.4 Å². The molecule has 0 radical (unpaired) electrons. The molecule has 8 heteroatoms. The molecule has 3 fully saturated rings. The number of hydrogen-bond donors (Lipinski definition) is 0. The van der Waals surface area contributed by atoms with Crippen LogP contribution < -0.4 is 9.64 Å². The number of rotatable bonds is 6. The quantitative estimate of drug-likeness (QED) is 0.674. The largest absolute Gasteiger partial charge is 0.494 e. The number of carbonyl (C=O) groups excluding carboxylic acids is 1. The summed E-state index contributed by atoms with van der Waals surface area (Å²) in [6.07, 6.45) is 3.85. The molecule has 1 amide bonds. The average Bonchev–Trinajstić information content (AvgIpc) is 3.36. The van der Waals surface area contributed by atoms with E-state index in [0.29, 0.717) is 11.8 Å². The lowest BCUT2D eigenvalue weighted by atomic mass is 10.2. The summed E-state index contributed by atoms with van der Waals surface area (Å²) in [6.45, 7) is 2.76. The molecule has 1 aliphatic carbocycles. The van der Waals surface area contributed by atoms with Gasteiger partial charge in [0.15, 0.2) is 15.0 Å². The van der Waals surface area contributed by atoms with Crippen LogP contribution in [0.25, 0.3) is 0 Å². The normalized spacial score (nSPS) is 27.7. The molecule has 0 spiro atoms. The van der Waals surface area contributed by atoms with Crippen LogP contribution in [0, 0.1) is 5.92 Å². The van der Waals surface area contributed by atoms with Crippen molar-refractivity contribution in [1.29, 1.82) is 0 Å². The molecule has 2 saturated heterocycles. The SMILES string of the molecule is CCCCOc1cccc(N2C(=NC(=O)C3CC3)SC3CS(=O)(=O)CC32)c1. The molecule has 1 saturated carbocycles. The van der Waals surface area contributed by atoms with Gasteiger partial charge in [-0.15, -0.1) is 0 Å². The van der Waals surface area contributed by atoms with Gasteiger partial charge in [0.2, 0.25) is 0 Å². The van der Waals surface area contributed by atoms with E-state index in [0.717, 1.165) is 37.1 Å². The zero-order valence-corrected chi connectivity index (χ0v) is 17.0. The fraction of sp³-hybridized carbons (Fsp3) is 0.579. The van der Waals surface area contributed by atoms with Gasteiger partial charge in [0.1, 0.15) is 5.75 Å². The average molecular weight is 409 g/mol. The maximum Gasteiger partial charge on any atom is 0.251 e. The van der Waals surface area contributed by atoms with Gasteiger partial charge in [0.05, 0.1) is 24.2 Å². The maximum atomic E-state index is 12.3. The van der Waals surface area contributed by atoms with Crippen molar-refractivity contribution in [2.45, 2.75) is 43.9 Å². The molecule has 2 unspecified atom stereocenters. The number of anilines is 1. The molecule has 2 aliphatic heterocycles. The molecular weight excluding hydrogens is 384 g/mol.